The van der Waals surface area contributed by atoms with Crippen LogP contribution >= 0.6 is 11.8 Å². The number of pyridine rings is 1. The molecule has 1 aromatic rings. The number of carboxylic acid groups (broad SMARTS) is 1. The van der Waals surface area contributed by atoms with Gasteiger partial charge in [-0.05, 0) is 61.8 Å². The van der Waals surface area contributed by atoms with Crippen LogP contribution in [0.1, 0.15) is 39.0 Å². The summed E-state index contributed by atoms with van der Waals surface area (Å²) in [5.41, 5.74) is 0.919. The molecule has 1 aliphatic carbocycles. The number of hydrogen-bond acceptors (Lipinski definition) is 6. The molecule has 3 amide bonds. The predicted octanol–water partition coefficient (Wildman–Crippen LogP) is 2.21. The first-order valence-electron chi connectivity index (χ1n) is 11.9. The highest BCUT2D eigenvalue weighted by Gasteiger charge is 2.53. The van der Waals surface area contributed by atoms with Gasteiger partial charge in [0.1, 0.15) is 11.7 Å². The zero-order chi connectivity index (χ0) is 25.1. The number of rotatable bonds is 10. The highest BCUT2D eigenvalue weighted by atomic mass is 32.2. The zero-order valence-electron chi connectivity index (χ0n) is 19.9. The number of carbonyl (C=O) groups is 4. The number of β-lactam (4-membered cyclic amide) rings is 1. The molecule has 0 aromatic carbocycles. The topological polar surface area (TPSA) is 120 Å². The lowest BCUT2D eigenvalue weighted by atomic mass is 9.83. The first kappa shape index (κ1) is 25.0. The van der Waals surface area contributed by atoms with Gasteiger partial charge in [0.15, 0.2) is 0 Å². The third-order valence-electron chi connectivity index (χ3n) is 6.59. The van der Waals surface area contributed by atoms with Crippen LogP contribution in [0.4, 0.5) is 0 Å². The molecule has 2 aliphatic heterocycles. The Hall–Kier alpha value is -3.14. The van der Waals surface area contributed by atoms with Gasteiger partial charge in [0.25, 0.3) is 5.91 Å². The Morgan fingerprint density at radius 3 is 2.60 bits per heavy atom. The summed E-state index contributed by atoms with van der Waals surface area (Å²) in [6, 6.07) is 2.46. The summed E-state index contributed by atoms with van der Waals surface area (Å²) in [5.74, 6) is -1.33. The van der Waals surface area contributed by atoms with Crippen molar-refractivity contribution in [1.29, 1.82) is 0 Å². The lowest BCUT2D eigenvalue weighted by molar-refractivity contribution is -0.155. The number of nitrogens with one attached hydrogen (secondary N) is 1. The average molecular weight is 499 g/mol. The van der Waals surface area contributed by atoms with Gasteiger partial charge >= 0.3 is 5.97 Å². The van der Waals surface area contributed by atoms with Crippen LogP contribution in [-0.2, 0) is 19.2 Å². The molecule has 10 heteroatoms. The van der Waals surface area contributed by atoms with Crippen LogP contribution in [-0.4, -0.2) is 75.0 Å². The van der Waals surface area contributed by atoms with E-state index in [-0.39, 0.29) is 23.3 Å². The maximum Gasteiger partial charge on any atom is 0.352 e. The monoisotopic (exact) mass is 498 g/mol. The summed E-state index contributed by atoms with van der Waals surface area (Å²) in [6.07, 6.45) is 8.60. The maximum absolute atomic E-state index is 12.9. The largest absolute Gasteiger partial charge is 0.477 e. The van der Waals surface area contributed by atoms with Crippen LogP contribution in [0.25, 0.3) is 0 Å². The summed E-state index contributed by atoms with van der Waals surface area (Å²) in [4.78, 5) is 58.2. The van der Waals surface area contributed by atoms with Gasteiger partial charge < -0.3 is 15.3 Å². The lowest BCUT2D eigenvalue weighted by Crippen LogP contribution is -2.71. The quantitative estimate of drug-likeness (QED) is 0.288. The Morgan fingerprint density at radius 1 is 1.26 bits per heavy atom. The molecular formula is C25H30N4O5S. The molecule has 35 heavy (non-hydrogen) atoms. The molecule has 0 spiro atoms. The summed E-state index contributed by atoms with van der Waals surface area (Å²) in [5, 5.41) is 12.7. The molecule has 2 atom stereocenters. The Bertz CT molecular complexity index is 1080. The smallest absolute Gasteiger partial charge is 0.352 e. The molecular weight excluding hydrogens is 468 g/mol. The normalized spacial score (nSPS) is 21.8. The molecule has 1 saturated carbocycles. The Morgan fingerprint density at radius 2 is 1.97 bits per heavy atom. The molecule has 2 fully saturated rings. The first-order valence-corrected chi connectivity index (χ1v) is 12.9. The number of aliphatic carboxylic acids is 1. The van der Waals surface area contributed by atoms with Crippen molar-refractivity contribution in [3.05, 3.63) is 47.4 Å². The van der Waals surface area contributed by atoms with Crippen molar-refractivity contribution in [3.63, 3.8) is 0 Å². The zero-order valence-corrected chi connectivity index (χ0v) is 20.7. The second-order valence-corrected chi connectivity index (χ2v) is 10.2. The molecule has 0 radical (unpaired) electrons. The number of likely N-dealkylation sites (N-methyl/N-ethyl adjacent to an activating group) is 1. The molecule has 3 aliphatic rings. The average Bonchev–Trinajstić information content (AvgIpc) is 3.68. The van der Waals surface area contributed by atoms with Crippen LogP contribution in [0.15, 0.2) is 52.3 Å². The number of nitrogens with zero attached hydrogens (tertiary/aromatic N) is 3. The van der Waals surface area contributed by atoms with E-state index in [0.29, 0.717) is 42.9 Å². The minimum atomic E-state index is -1.21. The fourth-order valence-electron chi connectivity index (χ4n) is 4.57. The van der Waals surface area contributed by atoms with E-state index in [9.17, 15) is 24.3 Å². The van der Waals surface area contributed by atoms with Gasteiger partial charge in [-0.15, -0.1) is 11.8 Å². The number of fused-ring (bicyclic) bond motifs is 1. The SMILES string of the molecule is CC/C(=C\C1=C(C(=O)O)N2C(=O)[C@@H](NC(=O)CSc3ccncc3)[C@H]2CC1)C(=O)N(C)CC1CC1. The van der Waals surface area contributed by atoms with Gasteiger partial charge in [-0.2, -0.15) is 0 Å². The number of amides is 3. The van der Waals surface area contributed by atoms with Crippen molar-refractivity contribution < 1.29 is 24.3 Å². The second-order valence-electron chi connectivity index (χ2n) is 9.16. The molecule has 4 rings (SSSR count). The van der Waals surface area contributed by atoms with Crippen LogP contribution in [0.5, 0.6) is 0 Å². The highest BCUT2D eigenvalue weighted by Crippen LogP contribution is 2.38. The fourth-order valence-corrected chi connectivity index (χ4v) is 5.27. The summed E-state index contributed by atoms with van der Waals surface area (Å²) in [7, 11) is 1.77. The van der Waals surface area contributed by atoms with Crippen LogP contribution in [0, 0.1) is 5.92 Å². The van der Waals surface area contributed by atoms with Crippen LogP contribution in [0.3, 0.4) is 0 Å². The third kappa shape index (κ3) is 5.58. The second kappa shape index (κ2) is 10.6. The van der Waals surface area contributed by atoms with Gasteiger partial charge in [-0.1, -0.05) is 6.92 Å². The standard InChI is InChI=1S/C25H30N4O5S/c1-3-16(23(31)28(2)13-15-4-5-15)12-17-6-7-19-21(24(32)29(19)22(17)25(33)34)27-20(30)14-35-18-8-10-26-11-9-18/h8-12,15,19,21H,3-7,13-14H2,1-2H3,(H,27,30)(H,33,34)/b16-12+/t19-,21+/m1/s1. The number of carbonyl (C=O) groups excluding carboxylic acids is 3. The van der Waals surface area contributed by atoms with Crippen molar-refractivity contribution >= 4 is 35.5 Å². The van der Waals surface area contributed by atoms with Crippen molar-refractivity contribution in [2.75, 3.05) is 19.3 Å². The van der Waals surface area contributed by atoms with Crippen molar-refractivity contribution in [1.82, 2.24) is 20.1 Å². The molecule has 186 valence electrons. The van der Waals surface area contributed by atoms with E-state index >= 15 is 0 Å². The minimum absolute atomic E-state index is 0.0912. The molecule has 2 N–H and O–H groups in total. The number of hydrogen-bond donors (Lipinski definition) is 2. The van der Waals surface area contributed by atoms with Gasteiger partial charge in [-0.25, -0.2) is 4.79 Å². The summed E-state index contributed by atoms with van der Waals surface area (Å²) >= 11 is 1.34. The molecule has 1 saturated heterocycles. The number of thioether (sulfide) groups is 1. The Labute approximate surface area is 208 Å². The van der Waals surface area contributed by atoms with E-state index < -0.39 is 24.0 Å². The summed E-state index contributed by atoms with van der Waals surface area (Å²) in [6.45, 7) is 2.57. The van der Waals surface area contributed by atoms with Gasteiger partial charge in [0.05, 0.1) is 11.8 Å². The molecule has 3 heterocycles. The lowest BCUT2D eigenvalue weighted by Gasteiger charge is -2.50. The fraction of sp³-hybridized carbons (Fsp3) is 0.480. The van der Waals surface area contributed by atoms with E-state index in [1.807, 2.05) is 6.92 Å². The van der Waals surface area contributed by atoms with E-state index in [1.54, 1.807) is 42.6 Å². The van der Waals surface area contributed by atoms with Crippen molar-refractivity contribution in [2.24, 2.45) is 5.92 Å². The molecule has 0 bridgehead atoms. The highest BCUT2D eigenvalue weighted by molar-refractivity contribution is 8.00. The third-order valence-corrected chi connectivity index (χ3v) is 7.60. The number of aromatic nitrogens is 1. The van der Waals surface area contributed by atoms with Gasteiger partial charge in [0, 0.05) is 36.5 Å². The maximum atomic E-state index is 12.9. The first-order chi connectivity index (χ1) is 16.8. The Balaban J connectivity index is 1.44. The van der Waals surface area contributed by atoms with Crippen LogP contribution in [0.2, 0.25) is 0 Å². The van der Waals surface area contributed by atoms with Gasteiger partial charge in [0.2, 0.25) is 11.8 Å². The minimum Gasteiger partial charge on any atom is -0.477 e. The van der Waals surface area contributed by atoms with Crippen molar-refractivity contribution in [3.8, 4) is 0 Å². The van der Waals surface area contributed by atoms with E-state index in [1.165, 1.54) is 16.7 Å². The van der Waals surface area contributed by atoms with Crippen molar-refractivity contribution in [2.45, 2.75) is 56.0 Å². The molecule has 9 nitrogen and oxygen atoms in total. The van der Waals surface area contributed by atoms with E-state index in [0.717, 1.165) is 17.7 Å². The molecule has 0 unspecified atom stereocenters. The van der Waals surface area contributed by atoms with Gasteiger partial charge in [-0.3, -0.25) is 24.3 Å². The summed E-state index contributed by atoms with van der Waals surface area (Å²) < 4.78 is 0. The predicted molar refractivity (Wildman–Crippen MR) is 130 cm³/mol. The van der Waals surface area contributed by atoms with E-state index in [2.05, 4.69) is 10.3 Å². The van der Waals surface area contributed by atoms with Crippen LogP contribution < -0.4 is 5.32 Å². The number of carboxylic acids is 1. The van der Waals surface area contributed by atoms with E-state index in [4.69, 9.17) is 0 Å². The number of allylic oxidation sites excluding steroid dienone is 2. The Kier molecular flexibility index (Phi) is 7.59. The molecule has 1 aromatic heterocycles.